The van der Waals surface area contributed by atoms with Gasteiger partial charge in [-0.1, -0.05) is 43.3 Å². The molecule has 15 heavy (non-hydrogen) atoms. The van der Waals surface area contributed by atoms with Crippen LogP contribution in [-0.2, 0) is 0 Å². The maximum Gasteiger partial charge on any atom is 0.0253 e. The summed E-state index contributed by atoms with van der Waals surface area (Å²) in [5, 5.41) is 0. The van der Waals surface area contributed by atoms with E-state index in [-0.39, 0.29) is 0 Å². The van der Waals surface area contributed by atoms with Gasteiger partial charge in [-0.25, -0.2) is 0 Å². The summed E-state index contributed by atoms with van der Waals surface area (Å²) < 4.78 is 0. The van der Waals surface area contributed by atoms with Gasteiger partial charge in [-0.15, -0.1) is 0 Å². The predicted octanol–water partition coefficient (Wildman–Crippen LogP) is 3.04. The smallest absolute Gasteiger partial charge is 0.0253 e. The van der Waals surface area contributed by atoms with Gasteiger partial charge in [0.25, 0.3) is 0 Å². The van der Waals surface area contributed by atoms with Gasteiger partial charge >= 0.3 is 0 Å². The Balaban J connectivity index is 2.33. The van der Waals surface area contributed by atoms with Gasteiger partial charge in [0, 0.05) is 12.6 Å². The molecule has 0 aromatic heterocycles. The van der Waals surface area contributed by atoms with E-state index in [1.807, 2.05) is 0 Å². The SMILES string of the molecule is C[C@H]1CN(C)[C@@H](C)C=C1c1ccccc1. The maximum absolute atomic E-state index is 2.40. The molecule has 1 aromatic rings. The summed E-state index contributed by atoms with van der Waals surface area (Å²) in [6.07, 6.45) is 2.39. The van der Waals surface area contributed by atoms with Crippen molar-refractivity contribution in [2.75, 3.05) is 13.6 Å². The van der Waals surface area contributed by atoms with Gasteiger partial charge < -0.3 is 0 Å². The van der Waals surface area contributed by atoms with E-state index < -0.39 is 0 Å². The first-order chi connectivity index (χ1) is 7.18. The number of likely N-dealkylation sites (N-methyl/N-ethyl adjacent to an activating group) is 1. The van der Waals surface area contributed by atoms with E-state index in [1.165, 1.54) is 11.1 Å². The standard InChI is InChI=1S/C14H19N/c1-11-10-15(3)12(2)9-14(11)13-7-5-4-6-8-13/h4-9,11-12H,10H2,1-3H3/t11-,12-/m0/s1. The molecule has 1 nitrogen and oxygen atoms in total. The van der Waals surface area contributed by atoms with Crippen LogP contribution in [0.5, 0.6) is 0 Å². The lowest BCUT2D eigenvalue weighted by atomic mass is 9.88. The topological polar surface area (TPSA) is 3.24 Å². The molecule has 2 rings (SSSR count). The number of rotatable bonds is 1. The summed E-state index contributed by atoms with van der Waals surface area (Å²) in [6, 6.07) is 11.3. The highest BCUT2D eigenvalue weighted by Gasteiger charge is 2.21. The van der Waals surface area contributed by atoms with Crippen LogP contribution in [0.3, 0.4) is 0 Å². The Bertz CT molecular complexity index is 353. The average Bonchev–Trinajstić information content (AvgIpc) is 2.25. The van der Waals surface area contributed by atoms with Crippen LogP contribution in [-0.4, -0.2) is 24.5 Å². The fraction of sp³-hybridized carbons (Fsp3) is 0.429. The first-order valence-corrected chi connectivity index (χ1v) is 5.66. The molecule has 0 fully saturated rings. The van der Waals surface area contributed by atoms with E-state index in [0.717, 1.165) is 6.54 Å². The second-order valence-corrected chi connectivity index (χ2v) is 4.57. The summed E-state index contributed by atoms with van der Waals surface area (Å²) in [6.45, 7) is 5.72. The zero-order chi connectivity index (χ0) is 10.8. The molecule has 2 atom stereocenters. The fourth-order valence-corrected chi connectivity index (χ4v) is 2.26. The van der Waals surface area contributed by atoms with Gasteiger partial charge in [-0.3, -0.25) is 4.90 Å². The Hall–Kier alpha value is -1.08. The number of nitrogens with zero attached hydrogens (tertiary/aromatic N) is 1. The van der Waals surface area contributed by atoms with E-state index >= 15 is 0 Å². The largest absolute Gasteiger partial charge is 0.300 e. The Kier molecular flexibility index (Phi) is 2.92. The van der Waals surface area contributed by atoms with Gasteiger partial charge in [0.1, 0.15) is 0 Å². The first kappa shape index (κ1) is 10.4. The Labute approximate surface area is 92.4 Å². The van der Waals surface area contributed by atoms with Crippen LogP contribution >= 0.6 is 0 Å². The zero-order valence-corrected chi connectivity index (χ0v) is 9.77. The van der Waals surface area contributed by atoms with Crippen molar-refractivity contribution < 1.29 is 0 Å². The molecule has 0 saturated carbocycles. The van der Waals surface area contributed by atoms with Crippen LogP contribution in [0.4, 0.5) is 0 Å². The number of hydrogen-bond acceptors (Lipinski definition) is 1. The molecule has 0 saturated heterocycles. The van der Waals surface area contributed by atoms with Gasteiger partial charge in [0.15, 0.2) is 0 Å². The first-order valence-electron chi connectivity index (χ1n) is 5.66. The molecule has 0 radical (unpaired) electrons. The minimum absolute atomic E-state index is 0.552. The summed E-state index contributed by atoms with van der Waals surface area (Å²) in [5.41, 5.74) is 2.88. The Morgan fingerprint density at radius 3 is 2.47 bits per heavy atom. The lowest BCUT2D eigenvalue weighted by Crippen LogP contribution is -2.36. The zero-order valence-electron chi connectivity index (χ0n) is 9.77. The van der Waals surface area contributed by atoms with Crippen molar-refractivity contribution in [1.82, 2.24) is 4.90 Å². The van der Waals surface area contributed by atoms with E-state index in [1.54, 1.807) is 0 Å². The third-order valence-corrected chi connectivity index (χ3v) is 3.32. The second kappa shape index (κ2) is 4.19. The molecular formula is C14H19N. The van der Waals surface area contributed by atoms with Gasteiger partial charge in [-0.05, 0) is 31.0 Å². The highest BCUT2D eigenvalue weighted by molar-refractivity contribution is 5.68. The minimum Gasteiger partial charge on any atom is -0.300 e. The maximum atomic E-state index is 2.40. The summed E-state index contributed by atoms with van der Waals surface area (Å²) >= 11 is 0. The molecule has 1 aliphatic rings. The summed E-state index contributed by atoms with van der Waals surface area (Å²) in [5.74, 6) is 0.633. The second-order valence-electron chi connectivity index (χ2n) is 4.57. The molecular weight excluding hydrogens is 182 g/mol. The van der Waals surface area contributed by atoms with Crippen LogP contribution < -0.4 is 0 Å². The van der Waals surface area contributed by atoms with Crippen molar-refractivity contribution in [3.63, 3.8) is 0 Å². The molecule has 0 amide bonds. The van der Waals surface area contributed by atoms with Crippen LogP contribution in [0.1, 0.15) is 19.4 Å². The van der Waals surface area contributed by atoms with Crippen LogP contribution in [0, 0.1) is 5.92 Å². The van der Waals surface area contributed by atoms with Crippen LogP contribution in [0.25, 0.3) is 5.57 Å². The molecule has 0 spiro atoms. The Morgan fingerprint density at radius 2 is 1.80 bits per heavy atom. The molecule has 1 heteroatoms. The van der Waals surface area contributed by atoms with Crippen LogP contribution in [0.15, 0.2) is 36.4 Å². The van der Waals surface area contributed by atoms with Crippen molar-refractivity contribution in [1.29, 1.82) is 0 Å². The molecule has 0 unspecified atom stereocenters. The molecule has 0 aliphatic carbocycles. The van der Waals surface area contributed by atoms with Gasteiger partial charge in [-0.2, -0.15) is 0 Å². The fourth-order valence-electron chi connectivity index (χ4n) is 2.26. The molecule has 1 aliphatic heterocycles. The summed E-state index contributed by atoms with van der Waals surface area (Å²) in [4.78, 5) is 2.40. The van der Waals surface area contributed by atoms with E-state index in [2.05, 4.69) is 62.2 Å². The average molecular weight is 201 g/mol. The van der Waals surface area contributed by atoms with E-state index in [0.29, 0.717) is 12.0 Å². The van der Waals surface area contributed by atoms with Crippen molar-refractivity contribution >= 4 is 5.57 Å². The molecule has 1 heterocycles. The van der Waals surface area contributed by atoms with Crippen molar-refractivity contribution in [2.45, 2.75) is 19.9 Å². The van der Waals surface area contributed by atoms with Crippen molar-refractivity contribution in [3.05, 3.63) is 42.0 Å². The summed E-state index contributed by atoms with van der Waals surface area (Å²) in [7, 11) is 2.19. The molecule has 0 N–H and O–H groups in total. The van der Waals surface area contributed by atoms with Crippen molar-refractivity contribution in [3.8, 4) is 0 Å². The predicted molar refractivity (Wildman–Crippen MR) is 65.7 cm³/mol. The number of benzene rings is 1. The normalized spacial score (nSPS) is 27.5. The van der Waals surface area contributed by atoms with E-state index in [4.69, 9.17) is 0 Å². The third-order valence-electron chi connectivity index (χ3n) is 3.32. The number of hydrogen-bond donors (Lipinski definition) is 0. The van der Waals surface area contributed by atoms with E-state index in [9.17, 15) is 0 Å². The van der Waals surface area contributed by atoms with Gasteiger partial charge in [0.2, 0.25) is 0 Å². The quantitative estimate of drug-likeness (QED) is 0.675. The highest BCUT2D eigenvalue weighted by atomic mass is 15.1. The highest BCUT2D eigenvalue weighted by Crippen LogP contribution is 2.28. The molecule has 0 bridgehead atoms. The Morgan fingerprint density at radius 1 is 1.13 bits per heavy atom. The third kappa shape index (κ3) is 2.13. The van der Waals surface area contributed by atoms with Gasteiger partial charge in [0.05, 0.1) is 0 Å². The van der Waals surface area contributed by atoms with Crippen LogP contribution in [0.2, 0.25) is 0 Å². The molecule has 80 valence electrons. The lowest BCUT2D eigenvalue weighted by molar-refractivity contribution is 0.264. The minimum atomic E-state index is 0.552. The van der Waals surface area contributed by atoms with Crippen molar-refractivity contribution in [2.24, 2.45) is 5.92 Å². The monoisotopic (exact) mass is 201 g/mol. The lowest BCUT2D eigenvalue weighted by Gasteiger charge is -2.33. The molecule has 1 aromatic carbocycles.